The Hall–Kier alpha value is -3.46. The van der Waals surface area contributed by atoms with Crippen LogP contribution in [0.5, 0.6) is 5.88 Å². The fourth-order valence-electron chi connectivity index (χ4n) is 4.09. The summed E-state index contributed by atoms with van der Waals surface area (Å²) in [4.78, 5) is 24.2. The van der Waals surface area contributed by atoms with E-state index in [1.165, 1.54) is 6.26 Å². The van der Waals surface area contributed by atoms with Crippen molar-refractivity contribution in [2.45, 2.75) is 37.6 Å². The van der Waals surface area contributed by atoms with Crippen molar-refractivity contribution >= 4 is 21.6 Å². The van der Waals surface area contributed by atoms with Gasteiger partial charge in [-0.15, -0.1) is 0 Å². The molecule has 0 radical (unpaired) electrons. The molecule has 8 nitrogen and oxygen atoms in total. The molecule has 2 amide bonds. The van der Waals surface area contributed by atoms with Crippen LogP contribution < -0.4 is 15.0 Å². The fraction of sp³-hybridized carbons (Fsp3) is 0.320. The van der Waals surface area contributed by atoms with Gasteiger partial charge in [-0.1, -0.05) is 26.0 Å². The first-order valence-corrected chi connectivity index (χ1v) is 12.8. The van der Waals surface area contributed by atoms with Gasteiger partial charge in [-0.05, 0) is 42.3 Å². The highest BCUT2D eigenvalue weighted by atomic mass is 32.2. The highest BCUT2D eigenvalue weighted by Crippen LogP contribution is 2.40. The van der Waals surface area contributed by atoms with E-state index in [9.17, 15) is 13.2 Å². The van der Waals surface area contributed by atoms with Crippen LogP contribution in [-0.2, 0) is 21.8 Å². The smallest absolute Gasteiger partial charge is 0.322 e. The number of nitrogens with one attached hydrogen (secondary N) is 1. The van der Waals surface area contributed by atoms with Crippen molar-refractivity contribution < 1.29 is 17.9 Å². The molecule has 34 heavy (non-hydrogen) atoms. The van der Waals surface area contributed by atoms with Gasteiger partial charge in [-0.25, -0.2) is 23.2 Å². The van der Waals surface area contributed by atoms with E-state index < -0.39 is 9.84 Å². The third-order valence-electron chi connectivity index (χ3n) is 5.97. The summed E-state index contributed by atoms with van der Waals surface area (Å²) in [5, 5.41) is 2.93. The number of aryl methyl sites for hydroxylation is 1. The van der Waals surface area contributed by atoms with Crippen LogP contribution in [0.1, 0.15) is 30.7 Å². The van der Waals surface area contributed by atoms with Gasteiger partial charge < -0.3 is 10.1 Å². The second kappa shape index (κ2) is 8.72. The average molecular weight is 481 g/mol. The second-order valence-corrected chi connectivity index (χ2v) is 11.2. The van der Waals surface area contributed by atoms with Gasteiger partial charge in [0, 0.05) is 42.6 Å². The Morgan fingerprint density at radius 3 is 2.50 bits per heavy atom. The zero-order chi connectivity index (χ0) is 24.7. The summed E-state index contributed by atoms with van der Waals surface area (Å²) in [7, 11) is -1.67. The number of anilines is 1. The van der Waals surface area contributed by atoms with Crippen LogP contribution in [-0.4, -0.2) is 44.3 Å². The molecule has 1 aromatic carbocycles. The Bertz CT molecular complexity index is 1350. The zero-order valence-electron chi connectivity index (χ0n) is 19.9. The molecule has 0 unspecified atom stereocenters. The Kier molecular flexibility index (Phi) is 6.07. The van der Waals surface area contributed by atoms with Crippen molar-refractivity contribution in [3.05, 3.63) is 65.5 Å². The largest absolute Gasteiger partial charge is 0.481 e. The molecule has 2 aromatic heterocycles. The molecule has 0 saturated heterocycles. The standard InChI is InChI=1S/C25H28N4O4S/c1-16-12-22(33-4)26-14-19(16)20-10-11-21-23(28-20)25(2,3)15-29(21)24(30)27-13-17-6-8-18(9-7-17)34(5,31)32/h6-12,14H,13,15H2,1-5H3,(H,27,30). The molecule has 0 spiro atoms. The first-order valence-electron chi connectivity index (χ1n) is 10.9. The lowest BCUT2D eigenvalue weighted by molar-refractivity contribution is 0.245. The summed E-state index contributed by atoms with van der Waals surface area (Å²) in [5.41, 5.74) is 4.84. The summed E-state index contributed by atoms with van der Waals surface area (Å²) in [5.74, 6) is 0.552. The number of sulfone groups is 1. The Morgan fingerprint density at radius 2 is 1.88 bits per heavy atom. The topological polar surface area (TPSA) is 101 Å². The van der Waals surface area contributed by atoms with Crippen molar-refractivity contribution in [2.24, 2.45) is 0 Å². The number of pyridine rings is 2. The maximum absolute atomic E-state index is 13.0. The van der Waals surface area contributed by atoms with E-state index in [2.05, 4.69) is 24.1 Å². The lowest BCUT2D eigenvalue weighted by Gasteiger charge is -2.20. The summed E-state index contributed by atoms with van der Waals surface area (Å²) in [6.07, 6.45) is 2.92. The van der Waals surface area contributed by atoms with Crippen molar-refractivity contribution in [2.75, 3.05) is 24.8 Å². The van der Waals surface area contributed by atoms with Gasteiger partial charge in [0.25, 0.3) is 0 Å². The molecule has 178 valence electrons. The van der Waals surface area contributed by atoms with Gasteiger partial charge in [0.2, 0.25) is 5.88 Å². The van der Waals surface area contributed by atoms with Crippen LogP contribution in [0.2, 0.25) is 0 Å². The molecule has 3 aromatic rings. The number of ether oxygens (including phenoxy) is 1. The number of nitrogens with zero attached hydrogens (tertiary/aromatic N) is 3. The van der Waals surface area contributed by atoms with Gasteiger partial charge in [0.1, 0.15) is 0 Å². The number of rotatable bonds is 5. The quantitative estimate of drug-likeness (QED) is 0.595. The number of aromatic nitrogens is 2. The third-order valence-corrected chi connectivity index (χ3v) is 7.10. The van der Waals surface area contributed by atoms with Crippen molar-refractivity contribution in [1.82, 2.24) is 15.3 Å². The maximum atomic E-state index is 13.0. The number of methoxy groups -OCH3 is 1. The van der Waals surface area contributed by atoms with E-state index in [1.54, 1.807) is 42.5 Å². The minimum absolute atomic E-state index is 0.226. The van der Waals surface area contributed by atoms with Crippen LogP contribution in [0.15, 0.2) is 53.6 Å². The fourth-order valence-corrected chi connectivity index (χ4v) is 4.72. The molecule has 0 fully saturated rings. The van der Waals surface area contributed by atoms with Gasteiger partial charge >= 0.3 is 6.03 Å². The van der Waals surface area contributed by atoms with Crippen LogP contribution in [0.3, 0.4) is 0 Å². The zero-order valence-corrected chi connectivity index (χ0v) is 20.7. The van der Waals surface area contributed by atoms with Gasteiger partial charge in [0.15, 0.2) is 9.84 Å². The average Bonchev–Trinajstić information content (AvgIpc) is 3.07. The van der Waals surface area contributed by atoms with Crippen molar-refractivity contribution in [1.29, 1.82) is 0 Å². The normalized spacial score (nSPS) is 14.6. The van der Waals surface area contributed by atoms with Crippen molar-refractivity contribution in [3.8, 4) is 17.1 Å². The summed E-state index contributed by atoms with van der Waals surface area (Å²) in [6, 6.07) is 12.0. The number of benzene rings is 1. The van der Waals surface area contributed by atoms with Gasteiger partial charge in [-0.2, -0.15) is 0 Å². The molecule has 0 saturated carbocycles. The molecule has 0 atom stereocenters. The van der Waals surface area contributed by atoms with E-state index in [4.69, 9.17) is 9.72 Å². The van der Waals surface area contributed by atoms with Gasteiger partial charge in [-0.3, -0.25) is 4.90 Å². The Labute approximate surface area is 199 Å². The molecule has 9 heteroatoms. The molecule has 0 aliphatic carbocycles. The maximum Gasteiger partial charge on any atom is 0.322 e. The van der Waals surface area contributed by atoms with Crippen LogP contribution in [0, 0.1) is 6.92 Å². The predicted octanol–water partition coefficient (Wildman–Crippen LogP) is 3.87. The molecular weight excluding hydrogens is 452 g/mol. The van der Waals surface area contributed by atoms with Crippen LogP contribution in [0.4, 0.5) is 10.5 Å². The van der Waals surface area contributed by atoms with E-state index in [0.29, 0.717) is 12.4 Å². The molecule has 3 heterocycles. The number of urea groups is 1. The van der Waals surface area contributed by atoms with E-state index >= 15 is 0 Å². The minimum Gasteiger partial charge on any atom is -0.481 e. The summed E-state index contributed by atoms with van der Waals surface area (Å²) >= 11 is 0. The lowest BCUT2D eigenvalue weighted by atomic mass is 9.91. The SMILES string of the molecule is COc1cc(C)c(-c2ccc3c(n2)C(C)(C)CN3C(=O)NCc2ccc(S(C)(=O)=O)cc2)cn1. The Balaban J connectivity index is 1.54. The van der Waals surface area contributed by atoms with E-state index in [-0.39, 0.29) is 22.9 Å². The molecule has 1 aliphatic rings. The molecule has 1 aliphatic heterocycles. The minimum atomic E-state index is -3.25. The molecule has 1 N–H and O–H groups in total. The van der Waals surface area contributed by atoms with Crippen molar-refractivity contribution in [3.63, 3.8) is 0 Å². The number of hydrogen-bond donors (Lipinski definition) is 1. The number of hydrogen-bond acceptors (Lipinski definition) is 6. The molecule has 0 bridgehead atoms. The highest BCUT2D eigenvalue weighted by Gasteiger charge is 2.39. The molecule has 4 rings (SSSR count). The van der Waals surface area contributed by atoms with Crippen LogP contribution >= 0.6 is 0 Å². The monoisotopic (exact) mass is 480 g/mol. The summed E-state index contributed by atoms with van der Waals surface area (Å²) < 4.78 is 28.5. The van der Waals surface area contributed by atoms with E-state index in [1.807, 2.05) is 25.1 Å². The highest BCUT2D eigenvalue weighted by molar-refractivity contribution is 7.90. The number of fused-ring (bicyclic) bond motifs is 1. The number of carbonyl (C=O) groups excluding carboxylic acids is 1. The first kappa shape index (κ1) is 23.7. The lowest BCUT2D eigenvalue weighted by Crippen LogP contribution is -2.41. The number of carbonyl (C=O) groups is 1. The summed E-state index contributed by atoms with van der Waals surface area (Å²) in [6.45, 7) is 6.91. The predicted molar refractivity (Wildman–Crippen MR) is 131 cm³/mol. The van der Waals surface area contributed by atoms with Crippen LogP contribution in [0.25, 0.3) is 11.3 Å². The van der Waals surface area contributed by atoms with Gasteiger partial charge in [0.05, 0.1) is 29.1 Å². The number of amides is 2. The second-order valence-electron chi connectivity index (χ2n) is 9.15. The Morgan fingerprint density at radius 1 is 1.18 bits per heavy atom. The third kappa shape index (κ3) is 4.61. The van der Waals surface area contributed by atoms with E-state index in [0.717, 1.165) is 33.8 Å². The first-order chi connectivity index (χ1) is 16.0. The molecular formula is C25H28N4O4S.